The molecule has 0 N–H and O–H groups in total. The van der Waals surface area contributed by atoms with Gasteiger partial charge in [-0.1, -0.05) is 60.1 Å². The number of sulfonamides is 1. The van der Waals surface area contributed by atoms with Crippen LogP contribution in [0, 0.1) is 0 Å². The van der Waals surface area contributed by atoms with E-state index < -0.39 is 10.0 Å². The van der Waals surface area contributed by atoms with Gasteiger partial charge in [0.05, 0.1) is 10.0 Å². The Balaban J connectivity index is 1.64. The zero-order chi connectivity index (χ0) is 19.7. The van der Waals surface area contributed by atoms with Gasteiger partial charge in [0.2, 0.25) is 0 Å². The first kappa shape index (κ1) is 19.5. The van der Waals surface area contributed by atoms with Gasteiger partial charge < -0.3 is 0 Å². The molecule has 2 aromatic carbocycles. The number of para-hydroxylation sites is 1. The summed E-state index contributed by atoms with van der Waals surface area (Å²) >= 11 is 7.70. The average Bonchev–Trinajstić information content (AvgIpc) is 3.36. The number of thiophene rings is 1. The van der Waals surface area contributed by atoms with Crippen LogP contribution in [0.4, 0.5) is 5.69 Å². The maximum absolute atomic E-state index is 13.3. The van der Waals surface area contributed by atoms with Crippen molar-refractivity contribution in [3.63, 3.8) is 0 Å². The van der Waals surface area contributed by atoms with E-state index >= 15 is 0 Å². The number of rotatable bonds is 5. The molecule has 1 saturated carbocycles. The highest BCUT2D eigenvalue weighted by Crippen LogP contribution is 2.48. The highest BCUT2D eigenvalue weighted by molar-refractivity contribution is 7.93. The van der Waals surface area contributed by atoms with E-state index in [4.69, 9.17) is 11.6 Å². The molecule has 0 radical (unpaired) electrons. The van der Waals surface area contributed by atoms with Crippen LogP contribution in [0.25, 0.3) is 0 Å². The number of anilines is 1. The molecule has 28 heavy (non-hydrogen) atoms. The highest BCUT2D eigenvalue weighted by atomic mass is 35.5. The van der Waals surface area contributed by atoms with Crippen LogP contribution in [0.3, 0.4) is 0 Å². The van der Waals surface area contributed by atoms with Crippen LogP contribution in [0.15, 0.2) is 71.6 Å². The second-order valence-electron chi connectivity index (χ2n) is 7.20. The molecular formula is C22H22ClNO2S2. The molecule has 2 unspecified atom stereocenters. The fourth-order valence-corrected chi connectivity index (χ4v) is 7.26. The number of benzene rings is 2. The largest absolute Gasteiger partial charge is 0.269 e. The molecule has 6 heteroatoms. The lowest BCUT2D eigenvalue weighted by Crippen LogP contribution is -2.27. The summed E-state index contributed by atoms with van der Waals surface area (Å²) in [5.74, 6) is 0.686. The van der Waals surface area contributed by atoms with E-state index in [1.165, 1.54) is 21.2 Å². The van der Waals surface area contributed by atoms with Gasteiger partial charge in [0.1, 0.15) is 4.90 Å². The standard InChI is InChI=1S/C22H22ClNO2S2/c1-24(19-10-6-3-7-11-19)28(25,26)20-15-21(23)27-22(20)18-13-12-17(14-18)16-8-4-2-5-9-16/h2-11,15,17-18H,12-14H2,1H3. The second-order valence-corrected chi connectivity index (χ2v) is 10.9. The summed E-state index contributed by atoms with van der Waals surface area (Å²) in [4.78, 5) is 1.25. The van der Waals surface area contributed by atoms with Gasteiger partial charge in [-0.05, 0) is 54.9 Å². The highest BCUT2D eigenvalue weighted by Gasteiger charge is 2.34. The van der Waals surface area contributed by atoms with Crippen molar-refractivity contribution in [2.24, 2.45) is 0 Å². The zero-order valence-corrected chi connectivity index (χ0v) is 18.0. The molecule has 0 saturated heterocycles. The van der Waals surface area contributed by atoms with Gasteiger partial charge >= 0.3 is 0 Å². The van der Waals surface area contributed by atoms with E-state index in [0.29, 0.717) is 20.8 Å². The molecule has 1 heterocycles. The molecular weight excluding hydrogens is 410 g/mol. The predicted molar refractivity (Wildman–Crippen MR) is 117 cm³/mol. The van der Waals surface area contributed by atoms with Crippen molar-refractivity contribution in [1.29, 1.82) is 0 Å². The Labute approximate surface area is 175 Å². The summed E-state index contributed by atoms with van der Waals surface area (Å²) < 4.78 is 28.6. The fraction of sp³-hybridized carbons (Fsp3) is 0.273. The molecule has 146 valence electrons. The zero-order valence-electron chi connectivity index (χ0n) is 15.6. The van der Waals surface area contributed by atoms with Crippen molar-refractivity contribution in [2.75, 3.05) is 11.4 Å². The normalized spacial score (nSPS) is 19.6. The van der Waals surface area contributed by atoms with Gasteiger partial charge in [-0.2, -0.15) is 0 Å². The van der Waals surface area contributed by atoms with Gasteiger partial charge in [0.25, 0.3) is 10.0 Å². The third kappa shape index (κ3) is 3.71. The van der Waals surface area contributed by atoms with Crippen LogP contribution in [-0.2, 0) is 10.0 Å². The molecule has 1 fully saturated rings. The van der Waals surface area contributed by atoms with Crippen LogP contribution in [0.1, 0.15) is 41.5 Å². The molecule has 0 bridgehead atoms. The van der Waals surface area contributed by atoms with Crippen molar-refractivity contribution in [1.82, 2.24) is 0 Å². The first-order valence-corrected chi connectivity index (χ1v) is 12.0. The van der Waals surface area contributed by atoms with Crippen molar-refractivity contribution >= 4 is 38.6 Å². The van der Waals surface area contributed by atoms with Crippen molar-refractivity contribution in [2.45, 2.75) is 36.0 Å². The first-order chi connectivity index (χ1) is 13.5. The number of hydrogen-bond donors (Lipinski definition) is 0. The molecule has 1 aromatic heterocycles. The maximum atomic E-state index is 13.3. The Morgan fingerprint density at radius 2 is 1.57 bits per heavy atom. The van der Waals surface area contributed by atoms with Gasteiger partial charge in [0, 0.05) is 11.9 Å². The van der Waals surface area contributed by atoms with Crippen LogP contribution < -0.4 is 4.31 Å². The summed E-state index contributed by atoms with van der Waals surface area (Å²) in [6, 6.07) is 21.2. The Morgan fingerprint density at radius 3 is 2.25 bits per heavy atom. The fourth-order valence-electron chi connectivity index (χ4n) is 4.02. The van der Waals surface area contributed by atoms with E-state index in [1.807, 2.05) is 24.3 Å². The lowest BCUT2D eigenvalue weighted by Gasteiger charge is -2.21. The molecule has 1 aliphatic rings. The van der Waals surface area contributed by atoms with Gasteiger partial charge in [-0.15, -0.1) is 11.3 Å². The molecule has 0 aliphatic heterocycles. The summed E-state index contributed by atoms with van der Waals surface area (Å²) in [6.07, 6.45) is 3.00. The quantitative estimate of drug-likeness (QED) is 0.476. The lowest BCUT2D eigenvalue weighted by atomic mass is 9.96. The molecule has 3 nitrogen and oxygen atoms in total. The Kier molecular flexibility index (Phi) is 5.50. The Morgan fingerprint density at radius 1 is 0.964 bits per heavy atom. The Hall–Kier alpha value is -1.82. The second kappa shape index (κ2) is 7.90. The monoisotopic (exact) mass is 431 g/mol. The number of halogens is 1. The van der Waals surface area contributed by atoms with Gasteiger partial charge in [-0.3, -0.25) is 4.31 Å². The third-order valence-electron chi connectivity index (χ3n) is 5.53. The third-order valence-corrected chi connectivity index (χ3v) is 8.91. The van der Waals surface area contributed by atoms with E-state index in [9.17, 15) is 8.42 Å². The van der Waals surface area contributed by atoms with E-state index in [-0.39, 0.29) is 5.92 Å². The summed E-state index contributed by atoms with van der Waals surface area (Å²) in [5, 5.41) is 0. The molecule has 1 aliphatic carbocycles. The number of hydrogen-bond acceptors (Lipinski definition) is 3. The minimum absolute atomic E-state index is 0.219. The van der Waals surface area contributed by atoms with Crippen LogP contribution >= 0.6 is 22.9 Å². The number of nitrogens with zero attached hydrogens (tertiary/aromatic N) is 1. The van der Waals surface area contributed by atoms with Crippen LogP contribution in [-0.4, -0.2) is 15.5 Å². The van der Waals surface area contributed by atoms with Gasteiger partial charge in [0.15, 0.2) is 0 Å². The van der Waals surface area contributed by atoms with Gasteiger partial charge in [-0.25, -0.2) is 8.42 Å². The van der Waals surface area contributed by atoms with E-state index in [0.717, 1.165) is 24.1 Å². The molecule has 0 amide bonds. The minimum Gasteiger partial charge on any atom is -0.269 e. The summed E-state index contributed by atoms with van der Waals surface area (Å²) in [6.45, 7) is 0. The molecule has 2 atom stereocenters. The average molecular weight is 432 g/mol. The summed E-state index contributed by atoms with van der Waals surface area (Å²) in [7, 11) is -2.06. The predicted octanol–water partition coefficient (Wildman–Crippen LogP) is 6.28. The van der Waals surface area contributed by atoms with E-state index in [2.05, 4.69) is 24.3 Å². The van der Waals surface area contributed by atoms with E-state index in [1.54, 1.807) is 25.2 Å². The maximum Gasteiger partial charge on any atom is 0.265 e. The molecule has 3 aromatic rings. The SMILES string of the molecule is CN(c1ccccc1)S(=O)(=O)c1cc(Cl)sc1C1CCC(c2ccccc2)C1. The van der Waals surface area contributed by atoms with Crippen LogP contribution in [0.5, 0.6) is 0 Å². The Bertz CT molecular complexity index is 1050. The topological polar surface area (TPSA) is 37.4 Å². The van der Waals surface area contributed by atoms with Crippen molar-refractivity contribution in [3.05, 3.63) is 81.5 Å². The minimum atomic E-state index is -3.66. The first-order valence-electron chi connectivity index (χ1n) is 9.35. The summed E-state index contributed by atoms with van der Waals surface area (Å²) in [5.41, 5.74) is 1.97. The van der Waals surface area contributed by atoms with Crippen LogP contribution in [0.2, 0.25) is 4.34 Å². The molecule has 4 rings (SSSR count). The molecule has 0 spiro atoms. The van der Waals surface area contributed by atoms with Crippen molar-refractivity contribution in [3.8, 4) is 0 Å². The van der Waals surface area contributed by atoms with Crippen molar-refractivity contribution < 1.29 is 8.42 Å². The smallest absolute Gasteiger partial charge is 0.265 e. The lowest BCUT2D eigenvalue weighted by molar-refractivity contribution is 0.591.